The maximum Gasteiger partial charge on any atom is 0.251 e. The van der Waals surface area contributed by atoms with Gasteiger partial charge >= 0.3 is 0 Å². The second-order valence-electron chi connectivity index (χ2n) is 9.41. The quantitative estimate of drug-likeness (QED) is 0.213. The summed E-state index contributed by atoms with van der Waals surface area (Å²) in [6.07, 6.45) is -0.338. The van der Waals surface area contributed by atoms with E-state index in [-0.39, 0.29) is 18.4 Å². The molecule has 0 aliphatic carbocycles. The van der Waals surface area contributed by atoms with Crippen molar-refractivity contribution >= 4 is 28.4 Å². The van der Waals surface area contributed by atoms with Crippen molar-refractivity contribution in [2.75, 3.05) is 19.0 Å². The molecule has 0 saturated heterocycles. The first-order valence-electron chi connectivity index (χ1n) is 12.4. The van der Waals surface area contributed by atoms with Crippen molar-refractivity contribution in [3.63, 3.8) is 0 Å². The van der Waals surface area contributed by atoms with Crippen molar-refractivity contribution in [1.29, 1.82) is 0 Å². The largest absolute Gasteiger partial charge is 0.486 e. The van der Waals surface area contributed by atoms with Gasteiger partial charge in [0.1, 0.15) is 11.9 Å². The molecule has 2 atom stereocenters. The molecule has 8 nitrogen and oxygen atoms in total. The van der Waals surface area contributed by atoms with Crippen molar-refractivity contribution in [1.82, 2.24) is 15.8 Å². The lowest BCUT2D eigenvalue weighted by molar-refractivity contribution is -0.129. The summed E-state index contributed by atoms with van der Waals surface area (Å²) in [5.74, 6) is -0.306. The van der Waals surface area contributed by atoms with E-state index in [1.165, 1.54) is 0 Å². The van der Waals surface area contributed by atoms with E-state index in [1.807, 2.05) is 87.4 Å². The summed E-state index contributed by atoms with van der Waals surface area (Å²) < 4.78 is 6.20. The molecule has 0 radical (unpaired) electrons. The van der Waals surface area contributed by atoms with Gasteiger partial charge in [0.25, 0.3) is 5.91 Å². The van der Waals surface area contributed by atoms with Crippen LogP contribution in [0.3, 0.4) is 0 Å². The van der Waals surface area contributed by atoms with Crippen LogP contribution in [0.25, 0.3) is 10.9 Å². The van der Waals surface area contributed by atoms with E-state index in [1.54, 1.807) is 29.7 Å². The Kier molecular flexibility index (Phi) is 8.23. The minimum Gasteiger partial charge on any atom is -0.486 e. The number of carbonyl (C=O) groups excluding carboxylic acids is 2. The van der Waals surface area contributed by atoms with Crippen LogP contribution in [-0.2, 0) is 4.79 Å². The molecule has 2 amide bonds. The highest BCUT2D eigenvalue weighted by molar-refractivity contribution is 5.95. The number of carbonyl (C=O) groups is 2. The fourth-order valence-electron chi connectivity index (χ4n) is 4.36. The van der Waals surface area contributed by atoms with Crippen molar-refractivity contribution in [2.24, 2.45) is 0 Å². The number of rotatable bonds is 9. The van der Waals surface area contributed by atoms with E-state index in [0.717, 1.165) is 33.4 Å². The first kappa shape index (κ1) is 26.6. The van der Waals surface area contributed by atoms with Crippen LogP contribution in [-0.4, -0.2) is 36.1 Å². The highest BCUT2D eigenvalue weighted by atomic mass is 16.5. The number of ether oxygens (including phenoxy) is 1. The molecule has 0 aliphatic heterocycles. The van der Waals surface area contributed by atoms with Gasteiger partial charge < -0.3 is 15.0 Å². The van der Waals surface area contributed by atoms with Gasteiger partial charge in [0.2, 0.25) is 5.91 Å². The molecule has 3 N–H and O–H groups in total. The van der Waals surface area contributed by atoms with Gasteiger partial charge in [0, 0.05) is 42.0 Å². The molecule has 0 aliphatic rings. The molecule has 38 heavy (non-hydrogen) atoms. The lowest BCUT2D eigenvalue weighted by atomic mass is 10.0. The topological polar surface area (TPSA) is 104 Å². The van der Waals surface area contributed by atoms with Gasteiger partial charge in [-0.15, -0.1) is 0 Å². The molecule has 4 rings (SSSR count). The van der Waals surface area contributed by atoms with Crippen LogP contribution < -0.4 is 20.4 Å². The first-order chi connectivity index (χ1) is 18.2. The molecule has 1 aromatic heterocycles. The Bertz CT molecular complexity index is 1420. The Balaban J connectivity index is 1.48. The average molecular weight is 513 g/mol. The highest BCUT2D eigenvalue weighted by Gasteiger charge is 2.20. The number of anilines is 1. The standard InChI is InChI=1S/C30H32N4O4/c1-19-17-26(25-7-5-6-8-27(25)31-19)20(2)38-24-15-11-22(12-16-24)30(36)32-28(18-29(35)33-37)21-9-13-23(14-10-21)34(3)4/h5-17,20,28,37H,18H2,1-4H3,(H,32,36)(H,33,35). The third-order valence-electron chi connectivity index (χ3n) is 6.37. The van der Waals surface area contributed by atoms with Crippen LogP contribution in [0, 0.1) is 6.92 Å². The summed E-state index contributed by atoms with van der Waals surface area (Å²) in [7, 11) is 3.86. The number of para-hydroxylation sites is 1. The molecule has 0 spiro atoms. The van der Waals surface area contributed by atoms with Crippen molar-refractivity contribution < 1.29 is 19.5 Å². The Hall–Kier alpha value is -4.43. The lowest BCUT2D eigenvalue weighted by Gasteiger charge is -2.20. The fourth-order valence-corrected chi connectivity index (χ4v) is 4.36. The van der Waals surface area contributed by atoms with Crippen LogP contribution in [0.5, 0.6) is 5.75 Å². The molecule has 1 heterocycles. The van der Waals surface area contributed by atoms with Gasteiger partial charge in [-0.05, 0) is 67.9 Å². The zero-order chi connectivity index (χ0) is 27.2. The Labute approximate surface area is 222 Å². The molecule has 4 aromatic rings. The van der Waals surface area contributed by atoms with Crippen molar-refractivity contribution in [2.45, 2.75) is 32.4 Å². The normalized spacial score (nSPS) is 12.4. The monoisotopic (exact) mass is 512 g/mol. The molecule has 0 bridgehead atoms. The summed E-state index contributed by atoms with van der Waals surface area (Å²) >= 11 is 0. The van der Waals surface area contributed by atoms with Crippen molar-refractivity contribution in [3.05, 3.63) is 101 Å². The number of benzene rings is 3. The summed E-state index contributed by atoms with van der Waals surface area (Å²) in [6, 6.07) is 23.8. The van der Waals surface area contributed by atoms with Crippen molar-refractivity contribution in [3.8, 4) is 5.75 Å². The van der Waals surface area contributed by atoms with E-state index in [4.69, 9.17) is 9.94 Å². The maximum atomic E-state index is 13.1. The minimum absolute atomic E-state index is 0.110. The van der Waals surface area contributed by atoms with Gasteiger partial charge in [-0.25, -0.2) is 5.48 Å². The molecule has 196 valence electrons. The number of hydrogen-bond acceptors (Lipinski definition) is 6. The number of nitrogens with zero attached hydrogens (tertiary/aromatic N) is 2. The molecule has 3 aromatic carbocycles. The number of nitrogens with one attached hydrogen (secondary N) is 2. The number of aryl methyl sites for hydroxylation is 1. The summed E-state index contributed by atoms with van der Waals surface area (Å²) in [6.45, 7) is 3.95. The van der Waals surface area contributed by atoms with E-state index in [2.05, 4.69) is 10.3 Å². The highest BCUT2D eigenvalue weighted by Crippen LogP contribution is 2.28. The second kappa shape index (κ2) is 11.7. The smallest absolute Gasteiger partial charge is 0.251 e. The Morgan fingerprint density at radius 3 is 2.34 bits per heavy atom. The number of hydrogen-bond donors (Lipinski definition) is 3. The third-order valence-corrected chi connectivity index (χ3v) is 6.37. The SMILES string of the molecule is Cc1cc(C(C)Oc2ccc(C(=O)NC(CC(=O)NO)c3ccc(N(C)C)cc3)cc2)c2ccccc2n1. The van der Waals surface area contributed by atoms with Gasteiger partial charge in [0.05, 0.1) is 18.0 Å². The molecular formula is C30H32N4O4. The Morgan fingerprint density at radius 2 is 1.68 bits per heavy atom. The summed E-state index contributed by atoms with van der Waals surface area (Å²) in [5.41, 5.74) is 6.69. The van der Waals surface area contributed by atoms with E-state index >= 15 is 0 Å². The van der Waals surface area contributed by atoms with Gasteiger partial charge in [-0.2, -0.15) is 0 Å². The third kappa shape index (κ3) is 6.27. The maximum absolute atomic E-state index is 13.1. The molecular weight excluding hydrogens is 480 g/mol. The predicted octanol–water partition coefficient (Wildman–Crippen LogP) is 5.12. The molecule has 8 heteroatoms. The fraction of sp³-hybridized carbons (Fsp3) is 0.233. The zero-order valence-corrected chi connectivity index (χ0v) is 21.9. The lowest BCUT2D eigenvalue weighted by Crippen LogP contribution is -2.33. The molecule has 2 unspecified atom stereocenters. The first-order valence-corrected chi connectivity index (χ1v) is 12.4. The number of aromatic nitrogens is 1. The second-order valence-corrected chi connectivity index (χ2v) is 9.41. The molecule has 0 fully saturated rings. The van der Waals surface area contributed by atoms with Gasteiger partial charge in [-0.1, -0.05) is 30.3 Å². The van der Waals surface area contributed by atoms with Crippen LogP contribution >= 0.6 is 0 Å². The van der Waals surface area contributed by atoms with Crippen LogP contribution in [0.4, 0.5) is 5.69 Å². The van der Waals surface area contributed by atoms with Crippen LogP contribution in [0.15, 0.2) is 78.9 Å². The molecule has 0 saturated carbocycles. The van der Waals surface area contributed by atoms with Crippen LogP contribution in [0.2, 0.25) is 0 Å². The van der Waals surface area contributed by atoms with Gasteiger partial charge in [0.15, 0.2) is 0 Å². The Morgan fingerprint density at radius 1 is 1.00 bits per heavy atom. The average Bonchev–Trinajstić information content (AvgIpc) is 2.92. The number of hydroxylamine groups is 1. The number of fused-ring (bicyclic) bond motifs is 1. The minimum atomic E-state index is -0.620. The van der Waals surface area contributed by atoms with E-state index < -0.39 is 11.9 Å². The zero-order valence-electron chi connectivity index (χ0n) is 21.9. The predicted molar refractivity (Wildman–Crippen MR) is 147 cm³/mol. The number of pyridine rings is 1. The van der Waals surface area contributed by atoms with Gasteiger partial charge in [-0.3, -0.25) is 19.8 Å². The summed E-state index contributed by atoms with van der Waals surface area (Å²) in [4.78, 5) is 31.5. The van der Waals surface area contributed by atoms with E-state index in [9.17, 15) is 9.59 Å². The van der Waals surface area contributed by atoms with E-state index in [0.29, 0.717) is 11.3 Å². The summed E-state index contributed by atoms with van der Waals surface area (Å²) in [5, 5.41) is 13.0. The number of amides is 2. The van der Waals surface area contributed by atoms with Crippen LogP contribution in [0.1, 0.15) is 52.7 Å².